The van der Waals surface area contributed by atoms with E-state index in [4.69, 9.17) is 9.84 Å². The molecule has 0 spiro atoms. The molecule has 5 nitrogen and oxygen atoms in total. The standard InChI is InChI=1S/C11H9FN2O3S/c1-2-9-13-11(18-14-9)17-8-4-3-6(12)5-7(8)10(15)16/h3-5H,2H2,1H3,(H,15,16). The van der Waals surface area contributed by atoms with Gasteiger partial charge in [-0.1, -0.05) is 6.92 Å². The molecule has 0 atom stereocenters. The number of hydrogen-bond donors (Lipinski definition) is 1. The van der Waals surface area contributed by atoms with Crippen LogP contribution in [-0.2, 0) is 6.42 Å². The first-order chi connectivity index (χ1) is 8.60. The summed E-state index contributed by atoms with van der Waals surface area (Å²) in [5, 5.41) is 9.18. The van der Waals surface area contributed by atoms with Gasteiger partial charge in [-0.2, -0.15) is 9.36 Å². The molecular formula is C11H9FN2O3S. The van der Waals surface area contributed by atoms with Gasteiger partial charge in [0.05, 0.1) is 0 Å². The van der Waals surface area contributed by atoms with Crippen molar-refractivity contribution in [1.82, 2.24) is 9.36 Å². The van der Waals surface area contributed by atoms with Crippen molar-refractivity contribution in [3.05, 3.63) is 35.4 Å². The second-order valence-corrected chi connectivity index (χ2v) is 4.09. The van der Waals surface area contributed by atoms with Crippen LogP contribution in [0, 0.1) is 5.82 Å². The Bertz CT molecular complexity index is 585. The summed E-state index contributed by atoms with van der Waals surface area (Å²) in [7, 11) is 0. The molecule has 18 heavy (non-hydrogen) atoms. The summed E-state index contributed by atoms with van der Waals surface area (Å²) in [6.45, 7) is 1.90. The Labute approximate surface area is 106 Å². The lowest BCUT2D eigenvalue weighted by atomic mass is 10.2. The predicted octanol–water partition coefficient (Wildman–Crippen LogP) is 2.73. The van der Waals surface area contributed by atoms with Gasteiger partial charge >= 0.3 is 5.97 Å². The van der Waals surface area contributed by atoms with Crippen LogP contribution in [0.25, 0.3) is 0 Å². The summed E-state index contributed by atoms with van der Waals surface area (Å²) < 4.78 is 22.3. The summed E-state index contributed by atoms with van der Waals surface area (Å²) in [5.74, 6) is -1.23. The number of benzene rings is 1. The van der Waals surface area contributed by atoms with Crippen molar-refractivity contribution < 1.29 is 19.0 Å². The largest absolute Gasteiger partial charge is 0.478 e. The molecule has 0 fully saturated rings. The number of rotatable bonds is 4. The summed E-state index contributed by atoms with van der Waals surface area (Å²) in [6, 6.07) is 3.29. The number of hydrogen-bond acceptors (Lipinski definition) is 5. The van der Waals surface area contributed by atoms with Gasteiger partial charge in [0.1, 0.15) is 23.0 Å². The second kappa shape index (κ2) is 5.09. The molecule has 1 aromatic carbocycles. The minimum Gasteiger partial charge on any atom is -0.478 e. The van der Waals surface area contributed by atoms with E-state index in [2.05, 4.69) is 9.36 Å². The molecule has 94 valence electrons. The Morgan fingerprint density at radius 1 is 1.56 bits per heavy atom. The van der Waals surface area contributed by atoms with Crippen LogP contribution in [0.2, 0.25) is 0 Å². The third-order valence-corrected chi connectivity index (χ3v) is 2.77. The van der Waals surface area contributed by atoms with E-state index in [-0.39, 0.29) is 16.5 Å². The second-order valence-electron chi connectivity index (χ2n) is 3.38. The number of halogens is 1. The Kier molecular flexibility index (Phi) is 3.52. The minimum atomic E-state index is -1.26. The number of ether oxygens (including phenoxy) is 1. The van der Waals surface area contributed by atoms with E-state index in [0.717, 1.165) is 23.7 Å². The smallest absolute Gasteiger partial charge is 0.339 e. The maximum atomic E-state index is 13.0. The SMILES string of the molecule is CCc1nsc(Oc2ccc(F)cc2C(=O)O)n1. The zero-order chi connectivity index (χ0) is 13.1. The highest BCUT2D eigenvalue weighted by Gasteiger charge is 2.15. The topological polar surface area (TPSA) is 72.3 Å². The van der Waals surface area contributed by atoms with Crippen molar-refractivity contribution in [1.29, 1.82) is 0 Å². The molecule has 0 aliphatic heterocycles. The molecule has 0 amide bonds. The third-order valence-electron chi connectivity index (χ3n) is 2.13. The van der Waals surface area contributed by atoms with E-state index in [0.29, 0.717) is 12.2 Å². The van der Waals surface area contributed by atoms with Gasteiger partial charge in [0.2, 0.25) is 0 Å². The van der Waals surface area contributed by atoms with Gasteiger partial charge in [-0.25, -0.2) is 9.18 Å². The molecule has 0 saturated carbocycles. The van der Waals surface area contributed by atoms with Crippen LogP contribution in [0.3, 0.4) is 0 Å². The monoisotopic (exact) mass is 268 g/mol. The Morgan fingerprint density at radius 2 is 2.33 bits per heavy atom. The van der Waals surface area contributed by atoms with E-state index in [1.165, 1.54) is 6.07 Å². The maximum Gasteiger partial charge on any atom is 0.339 e. The highest BCUT2D eigenvalue weighted by atomic mass is 32.1. The lowest BCUT2D eigenvalue weighted by Crippen LogP contribution is -2.00. The summed E-state index contributed by atoms with van der Waals surface area (Å²) in [6.07, 6.45) is 0.662. The van der Waals surface area contributed by atoms with Gasteiger partial charge in [0.25, 0.3) is 5.19 Å². The average molecular weight is 268 g/mol. The predicted molar refractivity (Wildman–Crippen MR) is 62.7 cm³/mol. The van der Waals surface area contributed by atoms with E-state index < -0.39 is 11.8 Å². The fourth-order valence-electron chi connectivity index (χ4n) is 1.28. The van der Waals surface area contributed by atoms with Gasteiger partial charge in [-0.3, -0.25) is 0 Å². The number of aromatic nitrogens is 2. The molecule has 0 bridgehead atoms. The van der Waals surface area contributed by atoms with Crippen molar-refractivity contribution in [2.75, 3.05) is 0 Å². The molecule has 0 aliphatic rings. The Morgan fingerprint density at radius 3 is 2.94 bits per heavy atom. The quantitative estimate of drug-likeness (QED) is 0.923. The summed E-state index contributed by atoms with van der Waals surface area (Å²) in [4.78, 5) is 15.0. The number of aryl methyl sites for hydroxylation is 1. The fraction of sp³-hybridized carbons (Fsp3) is 0.182. The van der Waals surface area contributed by atoms with Crippen LogP contribution < -0.4 is 4.74 Å². The molecule has 1 heterocycles. The molecule has 1 aromatic heterocycles. The van der Waals surface area contributed by atoms with Crippen LogP contribution >= 0.6 is 11.5 Å². The average Bonchev–Trinajstić information content (AvgIpc) is 2.79. The molecule has 0 unspecified atom stereocenters. The van der Waals surface area contributed by atoms with Crippen molar-refractivity contribution in [3.8, 4) is 10.9 Å². The molecule has 7 heteroatoms. The minimum absolute atomic E-state index is 0.0442. The Balaban J connectivity index is 2.30. The van der Waals surface area contributed by atoms with Crippen molar-refractivity contribution in [3.63, 3.8) is 0 Å². The van der Waals surface area contributed by atoms with Crippen LogP contribution in [-0.4, -0.2) is 20.4 Å². The molecule has 2 aromatic rings. The van der Waals surface area contributed by atoms with Gasteiger partial charge in [-0.05, 0) is 18.2 Å². The lowest BCUT2D eigenvalue weighted by Gasteiger charge is -2.05. The molecular weight excluding hydrogens is 259 g/mol. The third kappa shape index (κ3) is 2.62. The van der Waals surface area contributed by atoms with Crippen molar-refractivity contribution in [2.45, 2.75) is 13.3 Å². The van der Waals surface area contributed by atoms with Gasteiger partial charge in [0.15, 0.2) is 0 Å². The van der Waals surface area contributed by atoms with Crippen LogP contribution in [0.5, 0.6) is 10.9 Å². The number of nitrogens with zero attached hydrogens (tertiary/aromatic N) is 2. The van der Waals surface area contributed by atoms with E-state index in [1.54, 1.807) is 0 Å². The molecule has 0 aliphatic carbocycles. The number of carboxylic acids is 1. The van der Waals surface area contributed by atoms with Gasteiger partial charge in [0, 0.05) is 18.0 Å². The van der Waals surface area contributed by atoms with Crippen LogP contribution in [0.4, 0.5) is 4.39 Å². The van der Waals surface area contributed by atoms with Crippen LogP contribution in [0.15, 0.2) is 18.2 Å². The Hall–Kier alpha value is -2.02. The van der Waals surface area contributed by atoms with E-state index in [1.807, 2.05) is 6.92 Å². The highest BCUT2D eigenvalue weighted by molar-refractivity contribution is 7.07. The molecule has 0 radical (unpaired) electrons. The zero-order valence-corrected chi connectivity index (χ0v) is 10.2. The zero-order valence-electron chi connectivity index (χ0n) is 9.38. The first kappa shape index (κ1) is 12.4. The van der Waals surface area contributed by atoms with Gasteiger partial charge in [-0.15, -0.1) is 0 Å². The number of carbonyl (C=O) groups is 1. The summed E-state index contributed by atoms with van der Waals surface area (Å²) >= 11 is 1.02. The molecule has 0 saturated heterocycles. The lowest BCUT2D eigenvalue weighted by molar-refractivity contribution is 0.0693. The van der Waals surface area contributed by atoms with E-state index in [9.17, 15) is 9.18 Å². The highest BCUT2D eigenvalue weighted by Crippen LogP contribution is 2.27. The fourth-order valence-corrected chi connectivity index (χ4v) is 1.90. The molecule has 1 N–H and O–H groups in total. The van der Waals surface area contributed by atoms with Crippen molar-refractivity contribution >= 4 is 17.5 Å². The van der Waals surface area contributed by atoms with Crippen LogP contribution in [0.1, 0.15) is 23.1 Å². The first-order valence-electron chi connectivity index (χ1n) is 5.13. The number of aromatic carboxylic acids is 1. The first-order valence-corrected chi connectivity index (χ1v) is 5.90. The maximum absolute atomic E-state index is 13.0. The van der Waals surface area contributed by atoms with Gasteiger partial charge < -0.3 is 9.84 Å². The molecule has 2 rings (SSSR count). The normalized spacial score (nSPS) is 10.3. The summed E-state index contributed by atoms with van der Waals surface area (Å²) in [5.41, 5.74) is -0.247. The number of carboxylic acid groups (broad SMARTS) is 1. The van der Waals surface area contributed by atoms with Crippen molar-refractivity contribution in [2.24, 2.45) is 0 Å². The van der Waals surface area contributed by atoms with E-state index >= 15 is 0 Å².